The zero-order valence-corrected chi connectivity index (χ0v) is 22.8. The van der Waals surface area contributed by atoms with Crippen LogP contribution in [0.3, 0.4) is 0 Å². The standard InChI is InChI=1S/C30H23IN2O5/c1-18-7-5-11-22(13-18)33-29(35)24(28(34)32-30(33)36)14-19-15-25(31)27(26(16-19)37-2)38-17-21-10-6-9-20-8-3-4-12-23(20)21/h3-16H,17H2,1-2H3,(H,32,34,36)/b24-14+. The molecule has 4 aromatic carbocycles. The van der Waals surface area contributed by atoms with E-state index < -0.39 is 17.8 Å². The fourth-order valence-electron chi connectivity index (χ4n) is 4.36. The Morgan fingerprint density at radius 3 is 2.50 bits per heavy atom. The molecule has 1 aliphatic heterocycles. The van der Waals surface area contributed by atoms with Crippen LogP contribution in [-0.4, -0.2) is 25.0 Å². The molecule has 0 bridgehead atoms. The molecular formula is C30H23IN2O5. The van der Waals surface area contributed by atoms with Gasteiger partial charge in [0.05, 0.1) is 16.4 Å². The van der Waals surface area contributed by atoms with Gasteiger partial charge < -0.3 is 9.47 Å². The van der Waals surface area contributed by atoms with Crippen molar-refractivity contribution >= 4 is 63.0 Å². The van der Waals surface area contributed by atoms with Crippen LogP contribution in [0.5, 0.6) is 11.5 Å². The van der Waals surface area contributed by atoms with Crippen molar-refractivity contribution in [1.82, 2.24) is 5.32 Å². The van der Waals surface area contributed by atoms with Crippen molar-refractivity contribution in [2.45, 2.75) is 13.5 Å². The number of barbiturate groups is 1. The fourth-order valence-corrected chi connectivity index (χ4v) is 5.14. The predicted octanol–water partition coefficient (Wildman–Crippen LogP) is 6.01. The van der Waals surface area contributed by atoms with Gasteiger partial charge in [0, 0.05) is 0 Å². The molecule has 8 heteroatoms. The summed E-state index contributed by atoms with van der Waals surface area (Å²) in [6, 6.07) is 23.8. The van der Waals surface area contributed by atoms with E-state index in [9.17, 15) is 14.4 Å². The zero-order valence-electron chi connectivity index (χ0n) is 20.7. The first-order chi connectivity index (χ1) is 18.4. The quantitative estimate of drug-likeness (QED) is 0.163. The Bertz CT molecular complexity index is 1620. The number of halogens is 1. The first-order valence-electron chi connectivity index (χ1n) is 11.8. The number of methoxy groups -OCH3 is 1. The number of hydrogen-bond acceptors (Lipinski definition) is 5. The van der Waals surface area contributed by atoms with Crippen molar-refractivity contribution < 1.29 is 23.9 Å². The molecule has 4 amide bonds. The summed E-state index contributed by atoms with van der Waals surface area (Å²) in [6.45, 7) is 2.19. The maximum absolute atomic E-state index is 13.3. The van der Waals surface area contributed by atoms with Crippen LogP contribution in [0.25, 0.3) is 16.8 Å². The number of rotatable bonds is 6. The topological polar surface area (TPSA) is 84.9 Å². The number of imide groups is 2. The highest BCUT2D eigenvalue weighted by Gasteiger charge is 2.37. The number of carbonyl (C=O) groups is 3. The molecule has 1 heterocycles. The average molecular weight is 618 g/mol. The van der Waals surface area contributed by atoms with Gasteiger partial charge in [-0.05, 0) is 87.3 Å². The molecule has 7 nitrogen and oxygen atoms in total. The molecule has 1 aliphatic rings. The second-order valence-corrected chi connectivity index (χ2v) is 9.92. The average Bonchev–Trinajstić information content (AvgIpc) is 2.90. The lowest BCUT2D eigenvalue weighted by Gasteiger charge is -2.26. The Morgan fingerprint density at radius 1 is 0.947 bits per heavy atom. The number of hydrogen-bond donors (Lipinski definition) is 1. The monoisotopic (exact) mass is 618 g/mol. The molecule has 190 valence electrons. The molecule has 4 aromatic rings. The molecule has 1 saturated heterocycles. The molecule has 5 rings (SSSR count). The summed E-state index contributed by atoms with van der Waals surface area (Å²) in [7, 11) is 1.53. The van der Waals surface area contributed by atoms with Crippen LogP contribution in [0, 0.1) is 10.5 Å². The van der Waals surface area contributed by atoms with Gasteiger partial charge in [0.2, 0.25) is 0 Å². The van der Waals surface area contributed by atoms with Gasteiger partial charge in [-0.15, -0.1) is 0 Å². The first kappa shape index (κ1) is 25.5. The SMILES string of the molecule is COc1cc(/C=C2\C(=O)NC(=O)N(c3cccc(C)c3)C2=O)cc(I)c1OCc1cccc2ccccc12. The van der Waals surface area contributed by atoms with E-state index in [4.69, 9.17) is 9.47 Å². The van der Waals surface area contributed by atoms with Crippen molar-refractivity contribution in [1.29, 1.82) is 0 Å². The van der Waals surface area contributed by atoms with Crippen LogP contribution in [0.1, 0.15) is 16.7 Å². The second kappa shape index (κ2) is 10.7. The zero-order chi connectivity index (χ0) is 26.8. The van der Waals surface area contributed by atoms with E-state index >= 15 is 0 Å². The van der Waals surface area contributed by atoms with Gasteiger partial charge >= 0.3 is 6.03 Å². The molecule has 0 aromatic heterocycles. The van der Waals surface area contributed by atoms with Crippen molar-refractivity contribution in [3.8, 4) is 11.5 Å². The summed E-state index contributed by atoms with van der Waals surface area (Å²) in [5, 5.41) is 4.50. The molecule has 0 aliphatic carbocycles. The van der Waals surface area contributed by atoms with Gasteiger partial charge in [-0.3, -0.25) is 14.9 Å². The largest absolute Gasteiger partial charge is 0.493 e. The lowest BCUT2D eigenvalue weighted by Crippen LogP contribution is -2.54. The van der Waals surface area contributed by atoms with Gasteiger partial charge in [0.25, 0.3) is 11.8 Å². The number of anilines is 1. The molecule has 1 N–H and O–H groups in total. The van der Waals surface area contributed by atoms with Gasteiger partial charge in [-0.25, -0.2) is 9.69 Å². The summed E-state index contributed by atoms with van der Waals surface area (Å²) in [5.41, 5.74) is 2.70. The Balaban J connectivity index is 1.45. The summed E-state index contributed by atoms with van der Waals surface area (Å²) in [4.78, 5) is 39.3. The van der Waals surface area contributed by atoms with E-state index in [1.807, 2.05) is 37.3 Å². The van der Waals surface area contributed by atoms with Crippen LogP contribution < -0.4 is 19.7 Å². The number of nitrogens with zero attached hydrogens (tertiary/aromatic N) is 1. The summed E-state index contributed by atoms with van der Waals surface area (Å²) in [6.07, 6.45) is 1.45. The van der Waals surface area contributed by atoms with E-state index in [0.29, 0.717) is 29.4 Å². The molecule has 1 fully saturated rings. The van der Waals surface area contributed by atoms with E-state index in [-0.39, 0.29) is 5.57 Å². The molecular weight excluding hydrogens is 595 g/mol. The van der Waals surface area contributed by atoms with Crippen LogP contribution >= 0.6 is 22.6 Å². The third-order valence-electron chi connectivity index (χ3n) is 6.18. The Kier molecular flexibility index (Phi) is 7.15. The third-order valence-corrected chi connectivity index (χ3v) is 6.98. The minimum atomic E-state index is -0.785. The van der Waals surface area contributed by atoms with E-state index in [2.05, 4.69) is 46.1 Å². The maximum Gasteiger partial charge on any atom is 0.335 e. The fraction of sp³-hybridized carbons (Fsp3) is 0.100. The van der Waals surface area contributed by atoms with Gasteiger partial charge in [0.15, 0.2) is 11.5 Å². The van der Waals surface area contributed by atoms with Crippen LogP contribution in [-0.2, 0) is 16.2 Å². The summed E-state index contributed by atoms with van der Waals surface area (Å²) < 4.78 is 12.5. The number of carbonyl (C=O) groups excluding carboxylic acids is 3. The Morgan fingerprint density at radius 2 is 1.71 bits per heavy atom. The van der Waals surface area contributed by atoms with Gasteiger partial charge in [-0.1, -0.05) is 54.6 Å². The minimum absolute atomic E-state index is 0.159. The highest BCUT2D eigenvalue weighted by molar-refractivity contribution is 14.1. The Labute approximate surface area is 233 Å². The van der Waals surface area contributed by atoms with E-state index in [1.54, 1.807) is 30.3 Å². The number of amides is 4. The lowest BCUT2D eigenvalue weighted by atomic mass is 10.1. The predicted molar refractivity (Wildman–Crippen MR) is 154 cm³/mol. The number of nitrogens with one attached hydrogen (secondary N) is 1. The number of ether oxygens (including phenoxy) is 2. The van der Waals surface area contributed by atoms with Crippen LogP contribution in [0.15, 0.2) is 84.4 Å². The van der Waals surface area contributed by atoms with Crippen LogP contribution in [0.4, 0.5) is 10.5 Å². The normalized spacial score (nSPS) is 14.7. The van der Waals surface area contributed by atoms with E-state index in [0.717, 1.165) is 30.4 Å². The second-order valence-electron chi connectivity index (χ2n) is 8.76. The highest BCUT2D eigenvalue weighted by Crippen LogP contribution is 2.36. The molecule has 0 saturated carbocycles. The smallest absolute Gasteiger partial charge is 0.335 e. The third kappa shape index (κ3) is 4.99. The highest BCUT2D eigenvalue weighted by atomic mass is 127. The minimum Gasteiger partial charge on any atom is -0.493 e. The Hall–Kier alpha value is -4.18. The lowest BCUT2D eigenvalue weighted by molar-refractivity contribution is -0.122. The molecule has 0 radical (unpaired) electrons. The molecule has 0 unspecified atom stereocenters. The van der Waals surface area contributed by atoms with Crippen molar-refractivity contribution in [3.63, 3.8) is 0 Å². The van der Waals surface area contributed by atoms with Gasteiger partial charge in [-0.2, -0.15) is 0 Å². The number of urea groups is 1. The number of aryl methyl sites for hydroxylation is 1. The molecule has 0 atom stereocenters. The first-order valence-corrected chi connectivity index (χ1v) is 12.9. The van der Waals surface area contributed by atoms with Gasteiger partial charge in [0.1, 0.15) is 12.2 Å². The van der Waals surface area contributed by atoms with Crippen molar-refractivity contribution in [2.24, 2.45) is 0 Å². The molecule has 38 heavy (non-hydrogen) atoms. The van der Waals surface area contributed by atoms with Crippen molar-refractivity contribution in [3.05, 3.63) is 105 Å². The molecule has 0 spiro atoms. The number of fused-ring (bicyclic) bond motifs is 1. The maximum atomic E-state index is 13.3. The van der Waals surface area contributed by atoms with E-state index in [1.165, 1.54) is 13.2 Å². The van der Waals surface area contributed by atoms with Crippen LogP contribution in [0.2, 0.25) is 0 Å². The summed E-state index contributed by atoms with van der Waals surface area (Å²) >= 11 is 2.14. The van der Waals surface area contributed by atoms with Crippen molar-refractivity contribution in [2.75, 3.05) is 12.0 Å². The summed E-state index contributed by atoms with van der Waals surface area (Å²) in [5.74, 6) is -0.442. The number of benzene rings is 4.